The van der Waals surface area contributed by atoms with Crippen molar-refractivity contribution in [2.24, 2.45) is 0 Å². The predicted octanol–water partition coefficient (Wildman–Crippen LogP) is 5.38. The number of benzene rings is 3. The summed E-state index contributed by atoms with van der Waals surface area (Å²) >= 11 is 0. The van der Waals surface area contributed by atoms with Crippen molar-refractivity contribution in [2.45, 2.75) is 64.7 Å². The lowest BCUT2D eigenvalue weighted by Crippen LogP contribution is -2.17. The van der Waals surface area contributed by atoms with E-state index in [2.05, 4.69) is 55.5 Å². The van der Waals surface area contributed by atoms with Gasteiger partial charge >= 0.3 is 0 Å². The van der Waals surface area contributed by atoms with Gasteiger partial charge in [0.15, 0.2) is 9.76 Å². The molecular formula is C24H32OSi. The van der Waals surface area contributed by atoms with Gasteiger partial charge in [-0.1, -0.05) is 100 Å². The van der Waals surface area contributed by atoms with E-state index in [1.165, 1.54) is 83.7 Å². The largest absolute Gasteiger partial charge is 0.433 e. The van der Waals surface area contributed by atoms with E-state index in [0.717, 1.165) is 6.42 Å². The van der Waals surface area contributed by atoms with Crippen molar-refractivity contribution in [3.8, 4) is 0 Å². The number of fused-ring (bicyclic) bond motifs is 2. The molecule has 0 unspecified atom stereocenters. The molecular weight excluding hydrogens is 332 g/mol. The van der Waals surface area contributed by atoms with Crippen LogP contribution in [0, 0.1) is 0 Å². The minimum atomic E-state index is -1.21. The zero-order chi connectivity index (χ0) is 18.2. The van der Waals surface area contributed by atoms with Crippen LogP contribution >= 0.6 is 0 Å². The predicted molar refractivity (Wildman–Crippen MR) is 118 cm³/mol. The molecule has 0 atom stereocenters. The molecule has 0 heterocycles. The number of hydrogen-bond donors (Lipinski definition) is 1. The van der Waals surface area contributed by atoms with Crippen molar-refractivity contribution in [3.05, 3.63) is 54.1 Å². The SMILES string of the molecule is CCCCCCCCCCc1c2ccccc2c([SiH2]O)c2ccccc12. The quantitative estimate of drug-likeness (QED) is 0.291. The first kappa shape index (κ1) is 19.1. The molecule has 138 valence electrons. The van der Waals surface area contributed by atoms with Crippen molar-refractivity contribution >= 4 is 36.5 Å². The molecule has 0 fully saturated rings. The third-order valence-electron chi connectivity index (χ3n) is 5.59. The maximum atomic E-state index is 10.1. The highest BCUT2D eigenvalue weighted by atomic mass is 28.2. The van der Waals surface area contributed by atoms with Crippen molar-refractivity contribution in [1.29, 1.82) is 0 Å². The average Bonchev–Trinajstić information content (AvgIpc) is 2.69. The number of rotatable bonds is 10. The van der Waals surface area contributed by atoms with Gasteiger partial charge in [0.25, 0.3) is 0 Å². The molecule has 3 aromatic carbocycles. The molecule has 0 aliphatic heterocycles. The first-order valence-electron chi connectivity index (χ1n) is 10.4. The second-order valence-corrected chi connectivity index (χ2v) is 8.45. The van der Waals surface area contributed by atoms with Crippen LogP contribution in [-0.2, 0) is 6.42 Å². The van der Waals surface area contributed by atoms with Crippen LogP contribution in [0.1, 0.15) is 63.9 Å². The molecule has 0 aliphatic carbocycles. The Kier molecular flexibility index (Phi) is 7.28. The van der Waals surface area contributed by atoms with Gasteiger partial charge in [-0.25, -0.2) is 0 Å². The van der Waals surface area contributed by atoms with Gasteiger partial charge in [-0.2, -0.15) is 0 Å². The minimum absolute atomic E-state index is 1.14. The van der Waals surface area contributed by atoms with Crippen molar-refractivity contribution in [1.82, 2.24) is 0 Å². The van der Waals surface area contributed by atoms with Crippen LogP contribution in [0.5, 0.6) is 0 Å². The van der Waals surface area contributed by atoms with Crippen LogP contribution in [0.4, 0.5) is 0 Å². The standard InChI is InChI=1S/C24H32OSi/c1-2-3-4-5-6-7-8-9-14-19-20-15-10-12-17-22(20)24(26-25)23-18-13-11-16-21(19)23/h10-13,15-18,25H,2-9,14,26H2,1H3. The Labute approximate surface area is 160 Å². The summed E-state index contributed by atoms with van der Waals surface area (Å²) in [5.41, 5.74) is 1.48. The van der Waals surface area contributed by atoms with Crippen molar-refractivity contribution in [2.75, 3.05) is 0 Å². The fourth-order valence-electron chi connectivity index (χ4n) is 4.18. The molecule has 0 spiro atoms. The molecule has 0 amide bonds. The number of hydrogen-bond acceptors (Lipinski definition) is 1. The van der Waals surface area contributed by atoms with E-state index in [4.69, 9.17) is 0 Å². The summed E-state index contributed by atoms with van der Waals surface area (Å²) in [7, 11) is -1.21. The maximum Gasteiger partial charge on any atom is 0.189 e. The van der Waals surface area contributed by atoms with Crippen molar-refractivity contribution in [3.63, 3.8) is 0 Å². The molecule has 26 heavy (non-hydrogen) atoms. The first-order chi connectivity index (χ1) is 12.9. The molecule has 0 saturated carbocycles. The van der Waals surface area contributed by atoms with E-state index in [9.17, 15) is 4.80 Å². The molecule has 3 rings (SSSR count). The highest BCUT2D eigenvalue weighted by Crippen LogP contribution is 2.28. The number of unbranched alkanes of at least 4 members (excludes halogenated alkanes) is 7. The Morgan fingerprint density at radius 1 is 0.654 bits per heavy atom. The Bertz CT molecular complexity index is 783. The lowest BCUT2D eigenvalue weighted by atomic mass is 9.93. The third kappa shape index (κ3) is 4.36. The topological polar surface area (TPSA) is 20.2 Å². The average molecular weight is 365 g/mol. The zero-order valence-electron chi connectivity index (χ0n) is 16.1. The van der Waals surface area contributed by atoms with Gasteiger partial charge in [0, 0.05) is 0 Å². The smallest absolute Gasteiger partial charge is 0.189 e. The molecule has 2 heteroatoms. The molecule has 1 nitrogen and oxygen atoms in total. The Morgan fingerprint density at radius 3 is 1.62 bits per heavy atom. The van der Waals surface area contributed by atoms with Crippen LogP contribution in [0.15, 0.2) is 48.5 Å². The highest BCUT2D eigenvalue weighted by molar-refractivity contribution is 6.55. The highest BCUT2D eigenvalue weighted by Gasteiger charge is 2.12. The molecule has 3 aromatic rings. The molecule has 1 N–H and O–H groups in total. The fourth-order valence-corrected chi connectivity index (χ4v) is 5.14. The van der Waals surface area contributed by atoms with Gasteiger partial charge in [-0.15, -0.1) is 0 Å². The molecule has 0 bridgehead atoms. The van der Waals surface area contributed by atoms with E-state index < -0.39 is 9.76 Å². The van der Waals surface area contributed by atoms with E-state index in [0.29, 0.717) is 0 Å². The molecule has 0 radical (unpaired) electrons. The maximum absolute atomic E-state index is 10.1. The van der Waals surface area contributed by atoms with E-state index in [-0.39, 0.29) is 0 Å². The van der Waals surface area contributed by atoms with Crippen molar-refractivity contribution < 1.29 is 4.80 Å². The van der Waals surface area contributed by atoms with Crippen LogP contribution in [0.25, 0.3) is 21.5 Å². The summed E-state index contributed by atoms with van der Waals surface area (Å²) in [5, 5.41) is 6.46. The lowest BCUT2D eigenvalue weighted by Gasteiger charge is -2.15. The minimum Gasteiger partial charge on any atom is -0.433 e. The van der Waals surface area contributed by atoms with Crippen LogP contribution < -0.4 is 5.19 Å². The molecule has 0 aromatic heterocycles. The van der Waals surface area contributed by atoms with E-state index in [1.54, 1.807) is 0 Å². The Balaban J connectivity index is 1.77. The molecule has 0 saturated heterocycles. The second kappa shape index (κ2) is 9.89. The van der Waals surface area contributed by atoms with Gasteiger partial charge < -0.3 is 4.80 Å². The Morgan fingerprint density at radius 2 is 1.12 bits per heavy atom. The van der Waals surface area contributed by atoms with Gasteiger partial charge in [0.05, 0.1) is 0 Å². The van der Waals surface area contributed by atoms with E-state index >= 15 is 0 Å². The monoisotopic (exact) mass is 364 g/mol. The summed E-state index contributed by atoms with van der Waals surface area (Å²) in [4.78, 5) is 10.1. The fraction of sp³-hybridized carbons (Fsp3) is 0.417. The van der Waals surface area contributed by atoms with Crippen LogP contribution in [-0.4, -0.2) is 14.6 Å². The van der Waals surface area contributed by atoms with Gasteiger partial charge in [-0.05, 0) is 45.1 Å². The normalized spacial score (nSPS) is 11.9. The van der Waals surface area contributed by atoms with Gasteiger partial charge in [-0.3, -0.25) is 0 Å². The molecule has 0 aliphatic rings. The van der Waals surface area contributed by atoms with E-state index in [1.807, 2.05) is 0 Å². The summed E-state index contributed by atoms with van der Waals surface area (Å²) in [5.74, 6) is 0. The summed E-state index contributed by atoms with van der Waals surface area (Å²) in [6.45, 7) is 2.28. The summed E-state index contributed by atoms with van der Waals surface area (Å²) in [6.07, 6.45) is 12.0. The summed E-state index contributed by atoms with van der Waals surface area (Å²) < 4.78 is 0. The van der Waals surface area contributed by atoms with Crippen LogP contribution in [0.3, 0.4) is 0 Å². The second-order valence-electron chi connectivity index (χ2n) is 7.43. The summed E-state index contributed by atoms with van der Waals surface area (Å²) in [6, 6.07) is 17.4. The van der Waals surface area contributed by atoms with Crippen LogP contribution in [0.2, 0.25) is 0 Å². The first-order valence-corrected chi connectivity index (χ1v) is 11.7. The third-order valence-corrected chi connectivity index (χ3v) is 6.67. The zero-order valence-corrected chi connectivity index (χ0v) is 17.6. The van der Waals surface area contributed by atoms with Gasteiger partial charge in [0.1, 0.15) is 0 Å². The Hall–Kier alpha value is -1.64. The number of aryl methyl sites for hydroxylation is 1. The van der Waals surface area contributed by atoms with Gasteiger partial charge in [0.2, 0.25) is 0 Å². The lowest BCUT2D eigenvalue weighted by molar-refractivity contribution is 0.576.